The highest BCUT2D eigenvalue weighted by molar-refractivity contribution is 7.88. The molecule has 1 aliphatic rings. The van der Waals surface area contributed by atoms with Crippen molar-refractivity contribution in [3.63, 3.8) is 0 Å². The number of piperidine rings is 1. The zero-order chi connectivity index (χ0) is 14.6. The van der Waals surface area contributed by atoms with Crippen molar-refractivity contribution in [2.24, 2.45) is 11.7 Å². The van der Waals surface area contributed by atoms with Crippen molar-refractivity contribution in [3.05, 3.63) is 0 Å². The Morgan fingerprint density at radius 2 is 2.11 bits per heavy atom. The van der Waals surface area contributed by atoms with Crippen LogP contribution >= 0.6 is 0 Å². The predicted octanol–water partition coefficient (Wildman–Crippen LogP) is -0.1000. The van der Waals surface area contributed by atoms with Gasteiger partial charge in [-0.05, 0) is 18.8 Å². The van der Waals surface area contributed by atoms with Crippen LogP contribution in [0.4, 0.5) is 0 Å². The Labute approximate surface area is 115 Å². The molecule has 3 unspecified atom stereocenters. The number of nitrogens with two attached hydrogens (primary N) is 1. The number of hydrogen-bond acceptors (Lipinski definition) is 4. The highest BCUT2D eigenvalue weighted by Crippen LogP contribution is 2.22. The fourth-order valence-corrected chi connectivity index (χ4v) is 3.49. The summed E-state index contributed by atoms with van der Waals surface area (Å²) in [7, 11) is -3.13. The van der Waals surface area contributed by atoms with E-state index in [9.17, 15) is 13.2 Å². The van der Waals surface area contributed by atoms with E-state index < -0.39 is 10.0 Å². The molecule has 1 heterocycles. The zero-order valence-electron chi connectivity index (χ0n) is 11.9. The van der Waals surface area contributed by atoms with Gasteiger partial charge in [-0.1, -0.05) is 20.3 Å². The van der Waals surface area contributed by atoms with Crippen molar-refractivity contribution in [2.45, 2.75) is 45.2 Å². The van der Waals surface area contributed by atoms with Crippen LogP contribution in [-0.4, -0.2) is 50.1 Å². The largest absolute Gasteiger partial charge is 0.368 e. The number of nitrogens with zero attached hydrogens (tertiary/aromatic N) is 1. The average molecular weight is 291 g/mol. The zero-order valence-corrected chi connectivity index (χ0v) is 12.7. The maximum absolute atomic E-state index is 11.6. The number of amides is 1. The van der Waals surface area contributed by atoms with Crippen LogP contribution < -0.4 is 11.1 Å². The number of carbonyl (C=O) groups excluding carboxylic acids is 1. The molecule has 0 saturated carbocycles. The van der Waals surface area contributed by atoms with E-state index in [0.29, 0.717) is 19.5 Å². The molecule has 7 heteroatoms. The van der Waals surface area contributed by atoms with Crippen molar-refractivity contribution in [3.8, 4) is 0 Å². The summed E-state index contributed by atoms with van der Waals surface area (Å²) >= 11 is 0. The van der Waals surface area contributed by atoms with Gasteiger partial charge in [-0.2, -0.15) is 0 Å². The first-order chi connectivity index (χ1) is 8.79. The van der Waals surface area contributed by atoms with Crippen LogP contribution in [0.15, 0.2) is 0 Å². The molecule has 0 spiro atoms. The fourth-order valence-electron chi connectivity index (χ4n) is 2.59. The summed E-state index contributed by atoms with van der Waals surface area (Å²) in [6.07, 6.45) is 3.48. The van der Waals surface area contributed by atoms with Gasteiger partial charge in [-0.15, -0.1) is 0 Å². The number of carbonyl (C=O) groups is 1. The first-order valence-electron chi connectivity index (χ1n) is 6.80. The molecule has 0 radical (unpaired) electrons. The quantitative estimate of drug-likeness (QED) is 0.715. The van der Waals surface area contributed by atoms with E-state index in [0.717, 1.165) is 12.8 Å². The lowest BCUT2D eigenvalue weighted by Crippen LogP contribution is -2.55. The molecule has 0 bridgehead atoms. The highest BCUT2D eigenvalue weighted by Gasteiger charge is 2.33. The Balaban J connectivity index is 2.69. The summed E-state index contributed by atoms with van der Waals surface area (Å²) in [5.41, 5.74) is 5.34. The van der Waals surface area contributed by atoms with Gasteiger partial charge in [0.15, 0.2) is 0 Å². The second-order valence-electron chi connectivity index (χ2n) is 5.21. The highest BCUT2D eigenvalue weighted by atomic mass is 32.2. The molecule has 0 aromatic heterocycles. The predicted molar refractivity (Wildman–Crippen MR) is 75.0 cm³/mol. The monoisotopic (exact) mass is 291 g/mol. The van der Waals surface area contributed by atoms with E-state index in [-0.39, 0.29) is 23.9 Å². The van der Waals surface area contributed by atoms with Gasteiger partial charge in [0.1, 0.15) is 0 Å². The maximum Gasteiger partial charge on any atom is 0.234 e. The minimum atomic E-state index is -3.13. The summed E-state index contributed by atoms with van der Waals surface area (Å²) < 4.78 is 24.7. The van der Waals surface area contributed by atoms with Crippen LogP contribution in [0.25, 0.3) is 0 Å². The van der Waals surface area contributed by atoms with Gasteiger partial charge in [0, 0.05) is 19.1 Å². The van der Waals surface area contributed by atoms with Crippen LogP contribution in [0.3, 0.4) is 0 Å². The van der Waals surface area contributed by atoms with Crippen molar-refractivity contribution in [1.29, 1.82) is 0 Å². The van der Waals surface area contributed by atoms with E-state index in [1.165, 1.54) is 10.6 Å². The van der Waals surface area contributed by atoms with Crippen molar-refractivity contribution in [1.82, 2.24) is 9.62 Å². The molecule has 1 saturated heterocycles. The second-order valence-corrected chi connectivity index (χ2v) is 7.20. The Morgan fingerprint density at radius 1 is 1.47 bits per heavy atom. The third-order valence-electron chi connectivity index (χ3n) is 3.86. The van der Waals surface area contributed by atoms with Crippen LogP contribution in [0.1, 0.15) is 33.1 Å². The minimum Gasteiger partial charge on any atom is -0.368 e. The van der Waals surface area contributed by atoms with E-state index in [4.69, 9.17) is 5.73 Å². The van der Waals surface area contributed by atoms with Crippen LogP contribution in [-0.2, 0) is 14.8 Å². The van der Waals surface area contributed by atoms with Gasteiger partial charge in [0.2, 0.25) is 15.9 Å². The summed E-state index contributed by atoms with van der Waals surface area (Å²) in [6, 6.07) is -0.177. The van der Waals surface area contributed by atoms with Gasteiger partial charge < -0.3 is 11.1 Å². The van der Waals surface area contributed by atoms with Gasteiger partial charge >= 0.3 is 0 Å². The molecule has 1 amide bonds. The molecule has 1 fully saturated rings. The Kier molecular flexibility index (Phi) is 5.76. The topological polar surface area (TPSA) is 92.5 Å². The molecule has 3 atom stereocenters. The number of primary amides is 1. The first kappa shape index (κ1) is 16.4. The Hall–Kier alpha value is -0.660. The van der Waals surface area contributed by atoms with E-state index in [2.05, 4.69) is 5.32 Å². The summed E-state index contributed by atoms with van der Waals surface area (Å²) in [6.45, 7) is 4.97. The van der Waals surface area contributed by atoms with Crippen molar-refractivity contribution >= 4 is 15.9 Å². The normalized spacial score (nSPS) is 27.1. The standard InChI is InChI=1S/C12H25N3O3S/c1-4-9-8-15(19(3,17)18)7-6-11(9)14-10(5-2)12(13)16/h9-11,14H,4-8H2,1-3H3,(H2,13,16). The minimum absolute atomic E-state index is 0.153. The molecular weight excluding hydrogens is 266 g/mol. The number of nitrogens with one attached hydrogen (secondary N) is 1. The Bertz CT molecular complexity index is 410. The van der Waals surface area contributed by atoms with Gasteiger partial charge in [-0.3, -0.25) is 4.79 Å². The van der Waals surface area contributed by atoms with E-state index in [1.807, 2.05) is 13.8 Å². The molecule has 0 aliphatic carbocycles. The molecule has 3 N–H and O–H groups in total. The van der Waals surface area contributed by atoms with Crippen LogP contribution in [0.2, 0.25) is 0 Å². The number of hydrogen-bond donors (Lipinski definition) is 2. The van der Waals surface area contributed by atoms with Crippen LogP contribution in [0, 0.1) is 5.92 Å². The molecule has 1 aliphatic heterocycles. The molecule has 19 heavy (non-hydrogen) atoms. The van der Waals surface area contributed by atoms with Crippen LogP contribution in [0.5, 0.6) is 0 Å². The molecule has 112 valence electrons. The summed E-state index contributed by atoms with van der Waals surface area (Å²) in [5.74, 6) is -0.125. The summed E-state index contributed by atoms with van der Waals surface area (Å²) in [5, 5.41) is 3.28. The third kappa shape index (κ3) is 4.43. The third-order valence-corrected chi connectivity index (χ3v) is 5.13. The summed E-state index contributed by atoms with van der Waals surface area (Å²) in [4.78, 5) is 11.3. The molecule has 1 rings (SSSR count). The SMILES string of the molecule is CCC(NC1CCN(S(C)(=O)=O)CC1CC)C(N)=O. The molecule has 6 nitrogen and oxygen atoms in total. The van der Waals surface area contributed by atoms with Gasteiger partial charge in [0.25, 0.3) is 0 Å². The second kappa shape index (κ2) is 6.67. The molecule has 0 aromatic carbocycles. The number of sulfonamides is 1. The number of rotatable bonds is 6. The Morgan fingerprint density at radius 3 is 2.53 bits per heavy atom. The van der Waals surface area contributed by atoms with Gasteiger partial charge in [0.05, 0.1) is 12.3 Å². The lowest BCUT2D eigenvalue weighted by Gasteiger charge is -2.38. The van der Waals surface area contributed by atoms with Gasteiger partial charge in [-0.25, -0.2) is 12.7 Å². The van der Waals surface area contributed by atoms with Crippen molar-refractivity contribution in [2.75, 3.05) is 19.3 Å². The van der Waals surface area contributed by atoms with E-state index >= 15 is 0 Å². The lowest BCUT2D eigenvalue weighted by molar-refractivity contribution is -0.120. The fraction of sp³-hybridized carbons (Fsp3) is 0.917. The smallest absolute Gasteiger partial charge is 0.234 e. The molecule has 0 aromatic rings. The average Bonchev–Trinajstić information content (AvgIpc) is 2.34. The van der Waals surface area contributed by atoms with Crippen molar-refractivity contribution < 1.29 is 13.2 Å². The maximum atomic E-state index is 11.6. The first-order valence-corrected chi connectivity index (χ1v) is 8.64. The molecular formula is C12H25N3O3S. The lowest BCUT2D eigenvalue weighted by atomic mass is 9.90. The van der Waals surface area contributed by atoms with E-state index in [1.54, 1.807) is 0 Å².